The molecule has 0 spiro atoms. The number of hydrogen-bond acceptors (Lipinski definition) is 3. The minimum absolute atomic E-state index is 0.123. The van der Waals surface area contributed by atoms with E-state index in [2.05, 4.69) is 12.2 Å². The van der Waals surface area contributed by atoms with Crippen molar-refractivity contribution in [1.82, 2.24) is 10.2 Å². The molecule has 122 valence electrons. The predicted molar refractivity (Wildman–Crippen MR) is 89.4 cm³/mol. The lowest BCUT2D eigenvalue weighted by Gasteiger charge is -2.32. The van der Waals surface area contributed by atoms with Gasteiger partial charge in [-0.1, -0.05) is 19.8 Å². The first-order chi connectivity index (χ1) is 10.7. The number of likely N-dealkylation sites (N-methyl/N-ethyl adjacent to an activating group) is 1. The summed E-state index contributed by atoms with van der Waals surface area (Å²) < 4.78 is 5.69. The second kappa shape index (κ2) is 8.79. The number of piperidine rings is 1. The van der Waals surface area contributed by atoms with Gasteiger partial charge in [-0.25, -0.2) is 0 Å². The minimum Gasteiger partial charge on any atom is -0.494 e. The largest absolute Gasteiger partial charge is 0.494 e. The number of amides is 1. The van der Waals surface area contributed by atoms with Crippen molar-refractivity contribution in [1.29, 1.82) is 0 Å². The molecule has 4 nitrogen and oxygen atoms in total. The van der Waals surface area contributed by atoms with Gasteiger partial charge in [0.15, 0.2) is 0 Å². The molecule has 22 heavy (non-hydrogen) atoms. The Labute approximate surface area is 133 Å². The van der Waals surface area contributed by atoms with E-state index in [1.54, 1.807) is 0 Å². The highest BCUT2D eigenvalue weighted by atomic mass is 16.5. The van der Waals surface area contributed by atoms with Gasteiger partial charge < -0.3 is 15.0 Å². The summed E-state index contributed by atoms with van der Waals surface area (Å²) in [7, 11) is 1.96. The Morgan fingerprint density at radius 1 is 1.32 bits per heavy atom. The molecule has 0 aliphatic carbocycles. The Morgan fingerprint density at radius 2 is 2.09 bits per heavy atom. The molecule has 1 amide bonds. The van der Waals surface area contributed by atoms with Gasteiger partial charge in [0.25, 0.3) is 5.91 Å². The monoisotopic (exact) mass is 304 g/mol. The summed E-state index contributed by atoms with van der Waals surface area (Å²) in [5.74, 6) is 0.969. The molecule has 1 aromatic rings. The summed E-state index contributed by atoms with van der Waals surface area (Å²) in [4.78, 5) is 14.5. The van der Waals surface area contributed by atoms with E-state index < -0.39 is 0 Å². The van der Waals surface area contributed by atoms with Crippen LogP contribution in [0.5, 0.6) is 5.75 Å². The van der Waals surface area contributed by atoms with Crippen LogP contribution in [0.25, 0.3) is 0 Å². The second-order valence-corrected chi connectivity index (χ2v) is 5.96. The molecule has 4 heteroatoms. The first-order valence-corrected chi connectivity index (χ1v) is 8.44. The van der Waals surface area contributed by atoms with Crippen LogP contribution >= 0.6 is 0 Å². The SMILES string of the molecule is CCCCCOc1ccc(C(=O)N2CCCC(NC)C2)cc1. The molecule has 0 bridgehead atoms. The van der Waals surface area contributed by atoms with Crippen molar-refractivity contribution in [3.63, 3.8) is 0 Å². The molecule has 1 unspecified atom stereocenters. The molecule has 0 aromatic heterocycles. The zero-order chi connectivity index (χ0) is 15.8. The van der Waals surface area contributed by atoms with Gasteiger partial charge in [0, 0.05) is 24.7 Å². The fourth-order valence-corrected chi connectivity index (χ4v) is 2.82. The number of likely N-dealkylation sites (tertiary alicyclic amines) is 1. The predicted octanol–water partition coefficient (Wildman–Crippen LogP) is 3.08. The molecule has 2 rings (SSSR count). The van der Waals surface area contributed by atoms with Crippen molar-refractivity contribution in [2.24, 2.45) is 0 Å². The number of nitrogens with one attached hydrogen (secondary N) is 1. The molecule has 1 aromatic carbocycles. The van der Waals surface area contributed by atoms with Crippen molar-refractivity contribution in [2.75, 3.05) is 26.7 Å². The molecule has 1 atom stereocenters. The molecule has 1 aliphatic heterocycles. The number of benzene rings is 1. The summed E-state index contributed by atoms with van der Waals surface area (Å²) in [5, 5.41) is 3.27. The molecule has 1 aliphatic rings. The van der Waals surface area contributed by atoms with Gasteiger partial charge >= 0.3 is 0 Å². The number of nitrogens with zero attached hydrogens (tertiary/aromatic N) is 1. The van der Waals surface area contributed by atoms with Crippen molar-refractivity contribution in [3.8, 4) is 5.75 Å². The van der Waals surface area contributed by atoms with Gasteiger partial charge in [0.05, 0.1) is 6.61 Å². The van der Waals surface area contributed by atoms with E-state index in [1.807, 2.05) is 36.2 Å². The first kappa shape index (κ1) is 16.8. The quantitative estimate of drug-likeness (QED) is 0.787. The van der Waals surface area contributed by atoms with Gasteiger partial charge in [-0.15, -0.1) is 0 Å². The van der Waals surface area contributed by atoms with Crippen LogP contribution in [0.2, 0.25) is 0 Å². The van der Waals surface area contributed by atoms with E-state index in [9.17, 15) is 4.79 Å². The fourth-order valence-electron chi connectivity index (χ4n) is 2.82. The maximum atomic E-state index is 12.5. The Hall–Kier alpha value is -1.55. The number of carbonyl (C=O) groups excluding carboxylic acids is 1. The van der Waals surface area contributed by atoms with Crippen molar-refractivity contribution < 1.29 is 9.53 Å². The Balaban J connectivity index is 1.87. The van der Waals surface area contributed by atoms with E-state index in [1.165, 1.54) is 12.8 Å². The highest BCUT2D eigenvalue weighted by Crippen LogP contribution is 2.17. The minimum atomic E-state index is 0.123. The lowest BCUT2D eigenvalue weighted by molar-refractivity contribution is 0.0698. The van der Waals surface area contributed by atoms with E-state index >= 15 is 0 Å². The van der Waals surface area contributed by atoms with E-state index in [0.29, 0.717) is 6.04 Å². The van der Waals surface area contributed by atoms with Crippen LogP contribution in [-0.4, -0.2) is 43.6 Å². The topological polar surface area (TPSA) is 41.6 Å². The average Bonchev–Trinajstić information content (AvgIpc) is 2.59. The molecule has 1 heterocycles. The standard InChI is InChI=1S/C18H28N2O2/c1-3-4-5-13-22-17-10-8-15(9-11-17)18(21)20-12-6-7-16(14-20)19-2/h8-11,16,19H,3-7,12-14H2,1-2H3. The molecule has 1 N–H and O–H groups in total. The Morgan fingerprint density at radius 3 is 2.77 bits per heavy atom. The van der Waals surface area contributed by atoms with Crippen molar-refractivity contribution in [3.05, 3.63) is 29.8 Å². The van der Waals surface area contributed by atoms with Crippen molar-refractivity contribution >= 4 is 5.91 Å². The van der Waals surface area contributed by atoms with Crippen LogP contribution in [0.3, 0.4) is 0 Å². The highest BCUT2D eigenvalue weighted by Gasteiger charge is 2.23. The third-order valence-corrected chi connectivity index (χ3v) is 4.23. The van der Waals surface area contributed by atoms with E-state index in [4.69, 9.17) is 4.74 Å². The Kier molecular flexibility index (Phi) is 6.72. The summed E-state index contributed by atoms with van der Waals surface area (Å²) in [6, 6.07) is 7.97. The van der Waals surface area contributed by atoms with Crippen LogP contribution in [0.15, 0.2) is 24.3 Å². The highest BCUT2D eigenvalue weighted by molar-refractivity contribution is 5.94. The van der Waals surface area contributed by atoms with E-state index in [-0.39, 0.29) is 5.91 Å². The average molecular weight is 304 g/mol. The van der Waals surface area contributed by atoms with Crippen molar-refractivity contribution in [2.45, 2.75) is 45.1 Å². The summed E-state index contributed by atoms with van der Waals surface area (Å²) in [6.45, 7) is 4.58. The molecule has 1 fully saturated rings. The first-order valence-electron chi connectivity index (χ1n) is 8.44. The maximum Gasteiger partial charge on any atom is 0.253 e. The van der Waals surface area contributed by atoms with Crippen LogP contribution in [-0.2, 0) is 0 Å². The summed E-state index contributed by atoms with van der Waals surface area (Å²) in [6.07, 6.45) is 5.68. The van der Waals surface area contributed by atoms with Gasteiger partial charge in [0.1, 0.15) is 5.75 Å². The summed E-state index contributed by atoms with van der Waals surface area (Å²) in [5.41, 5.74) is 0.748. The zero-order valence-corrected chi connectivity index (χ0v) is 13.8. The molecule has 1 saturated heterocycles. The van der Waals surface area contributed by atoms with Gasteiger partial charge in [-0.3, -0.25) is 4.79 Å². The number of carbonyl (C=O) groups is 1. The second-order valence-electron chi connectivity index (χ2n) is 5.96. The van der Waals surface area contributed by atoms with Crippen LogP contribution in [0.4, 0.5) is 0 Å². The normalized spacial score (nSPS) is 18.3. The molecule has 0 saturated carbocycles. The zero-order valence-electron chi connectivity index (χ0n) is 13.8. The lowest BCUT2D eigenvalue weighted by atomic mass is 10.0. The van der Waals surface area contributed by atoms with Crippen LogP contribution in [0.1, 0.15) is 49.4 Å². The third-order valence-electron chi connectivity index (χ3n) is 4.23. The third kappa shape index (κ3) is 4.73. The van der Waals surface area contributed by atoms with Crippen LogP contribution in [0, 0.1) is 0 Å². The number of hydrogen-bond donors (Lipinski definition) is 1. The van der Waals surface area contributed by atoms with Gasteiger partial charge in [-0.05, 0) is 50.6 Å². The molecular formula is C18H28N2O2. The fraction of sp³-hybridized carbons (Fsp3) is 0.611. The lowest BCUT2D eigenvalue weighted by Crippen LogP contribution is -2.46. The smallest absolute Gasteiger partial charge is 0.253 e. The number of rotatable bonds is 7. The maximum absolute atomic E-state index is 12.5. The van der Waals surface area contributed by atoms with Gasteiger partial charge in [0.2, 0.25) is 0 Å². The Bertz CT molecular complexity index is 459. The molecular weight excluding hydrogens is 276 g/mol. The number of unbranched alkanes of at least 4 members (excludes halogenated alkanes) is 2. The van der Waals surface area contributed by atoms with E-state index in [0.717, 1.165) is 50.3 Å². The molecule has 0 radical (unpaired) electrons. The number of ether oxygens (including phenoxy) is 1. The van der Waals surface area contributed by atoms with Gasteiger partial charge in [-0.2, -0.15) is 0 Å². The summed E-state index contributed by atoms with van der Waals surface area (Å²) >= 11 is 0. The van der Waals surface area contributed by atoms with Crippen LogP contribution < -0.4 is 10.1 Å².